The lowest BCUT2D eigenvalue weighted by Crippen LogP contribution is -2.69. The molecule has 5 aliphatic carbocycles. The molecule has 7 fully saturated rings. The molecule has 3 saturated heterocycles. The van der Waals surface area contributed by atoms with Crippen LogP contribution in [0.1, 0.15) is 106 Å². The summed E-state index contributed by atoms with van der Waals surface area (Å²) in [5, 5.41) is 130. The van der Waals surface area contributed by atoms with E-state index in [4.69, 9.17) is 28.4 Å². The predicted molar refractivity (Wildman–Crippen MR) is 232 cm³/mol. The van der Waals surface area contributed by atoms with E-state index in [1.807, 2.05) is 0 Å². The maximum absolute atomic E-state index is 13.2. The molecular weight excluding hydrogens is 881 g/mol. The number of carbonyl (C=O) groups is 1. The molecule has 24 unspecified atom stereocenters. The van der Waals surface area contributed by atoms with Gasteiger partial charge >= 0.3 is 5.97 Å². The molecule has 0 radical (unpaired) electrons. The van der Waals surface area contributed by atoms with Crippen molar-refractivity contribution in [3.05, 3.63) is 11.6 Å². The van der Waals surface area contributed by atoms with Crippen molar-refractivity contribution in [3.8, 4) is 0 Å². The lowest BCUT2D eigenvalue weighted by Gasteiger charge is -2.71. The van der Waals surface area contributed by atoms with Gasteiger partial charge in [-0.15, -0.1) is 0 Å². The van der Waals surface area contributed by atoms with E-state index in [2.05, 4.69) is 54.5 Å². The maximum atomic E-state index is 13.2. The molecule has 19 nitrogen and oxygen atoms in total. The molecule has 67 heavy (non-hydrogen) atoms. The van der Waals surface area contributed by atoms with Gasteiger partial charge in [0.15, 0.2) is 18.9 Å². The summed E-state index contributed by atoms with van der Waals surface area (Å²) in [5.41, 5.74) is -1.70. The highest BCUT2D eigenvalue weighted by Crippen LogP contribution is 2.76. The zero-order chi connectivity index (χ0) is 49.1. The van der Waals surface area contributed by atoms with Crippen LogP contribution in [-0.4, -0.2) is 191 Å². The third-order valence-electron chi connectivity index (χ3n) is 19.4. The molecule has 19 heteroatoms. The Kier molecular flexibility index (Phi) is 14.1. The largest absolute Gasteiger partial charge is 0.481 e. The van der Waals surface area contributed by atoms with Gasteiger partial charge in [0.2, 0.25) is 0 Å². The molecule has 0 aromatic heterocycles. The lowest BCUT2D eigenvalue weighted by molar-refractivity contribution is -0.399. The average Bonchev–Trinajstić information content (AvgIpc) is 3.26. The van der Waals surface area contributed by atoms with Crippen LogP contribution in [0.15, 0.2) is 11.6 Å². The van der Waals surface area contributed by atoms with E-state index in [0.29, 0.717) is 32.1 Å². The number of aliphatic hydroxyl groups is 11. The molecule has 4 saturated carbocycles. The molecular formula is C48H78O19. The molecule has 0 spiro atoms. The van der Waals surface area contributed by atoms with Crippen LogP contribution in [0.25, 0.3) is 0 Å². The fraction of sp³-hybridized carbons (Fsp3) is 0.938. The quantitative estimate of drug-likeness (QED) is 0.0986. The summed E-state index contributed by atoms with van der Waals surface area (Å²) in [5.74, 6) is -0.979. The topological polar surface area (TPSA) is 315 Å². The van der Waals surface area contributed by atoms with Crippen LogP contribution >= 0.6 is 0 Å². The molecule has 3 aliphatic heterocycles. The molecule has 24 atom stereocenters. The number of hydrogen-bond donors (Lipinski definition) is 12. The summed E-state index contributed by atoms with van der Waals surface area (Å²) >= 11 is 0. The third-order valence-corrected chi connectivity index (χ3v) is 19.4. The molecule has 384 valence electrons. The molecule has 8 rings (SSSR count). The summed E-state index contributed by atoms with van der Waals surface area (Å²) < 4.78 is 37.0. The Bertz CT molecular complexity index is 1830. The van der Waals surface area contributed by atoms with Crippen LogP contribution in [-0.2, 0) is 33.2 Å². The minimum Gasteiger partial charge on any atom is -0.481 e. The summed E-state index contributed by atoms with van der Waals surface area (Å²) in [4.78, 5) is 13.2. The van der Waals surface area contributed by atoms with Crippen molar-refractivity contribution >= 4 is 5.97 Å². The van der Waals surface area contributed by atoms with E-state index < -0.39 is 146 Å². The highest BCUT2D eigenvalue weighted by atomic mass is 16.8. The SMILES string of the molecule is CC1(C)CCC2(C(=O)O)C(O)CC3(C)C(=CCC4C5(C)CCC(OC6OC(CO)C(O)C(OC7OC(CO)C(O)C(O)C7O)C6OC6OC(CO)C(O)C(O)C6O)C(C)(C)C5CCC43C)C2C1. The van der Waals surface area contributed by atoms with Crippen LogP contribution in [0.5, 0.6) is 0 Å². The van der Waals surface area contributed by atoms with Crippen molar-refractivity contribution in [1.82, 2.24) is 0 Å². The van der Waals surface area contributed by atoms with Gasteiger partial charge in [-0.25, -0.2) is 0 Å². The Morgan fingerprint density at radius 1 is 0.612 bits per heavy atom. The number of fused-ring (bicyclic) bond motifs is 7. The number of hydrogen-bond acceptors (Lipinski definition) is 18. The molecule has 0 amide bonds. The van der Waals surface area contributed by atoms with Crippen molar-refractivity contribution in [2.45, 2.75) is 211 Å². The molecule has 8 aliphatic rings. The van der Waals surface area contributed by atoms with Gasteiger partial charge < -0.3 is 89.7 Å². The van der Waals surface area contributed by atoms with Gasteiger partial charge in [0.25, 0.3) is 0 Å². The number of carboxylic acid groups (broad SMARTS) is 1. The standard InChI is InChI=1S/C48H78O19/c1-43(2)14-15-48(42(60)61)22(16-43)21-8-9-27-45(5)12-11-29(44(3,4)26(45)10-13-46(27,6)47(21,7)17-28(48)52)65-41-38(67-40-36(59)34(57)31(54)24(19-50)63-40)37(32(55)25(20-51)64-41)66-39-35(58)33(56)30(53)23(18-49)62-39/h8,22-41,49-59H,9-20H2,1-7H3,(H,60,61). The number of rotatable bonds is 10. The predicted octanol–water partition coefficient (Wildman–Crippen LogP) is -0.323. The fourth-order valence-electron chi connectivity index (χ4n) is 15.2. The van der Waals surface area contributed by atoms with Crippen LogP contribution in [0.2, 0.25) is 0 Å². The van der Waals surface area contributed by atoms with Gasteiger partial charge in [-0.1, -0.05) is 60.1 Å². The Morgan fingerprint density at radius 3 is 1.70 bits per heavy atom. The van der Waals surface area contributed by atoms with Crippen molar-refractivity contribution in [1.29, 1.82) is 0 Å². The van der Waals surface area contributed by atoms with Crippen molar-refractivity contribution in [2.75, 3.05) is 19.8 Å². The Labute approximate surface area is 392 Å². The second-order valence-electron chi connectivity index (χ2n) is 23.6. The normalized spacial score (nSPS) is 53.9. The van der Waals surface area contributed by atoms with Gasteiger partial charge in [-0.2, -0.15) is 0 Å². The first-order valence-electron chi connectivity index (χ1n) is 24.4. The van der Waals surface area contributed by atoms with Gasteiger partial charge in [0.1, 0.15) is 78.7 Å². The van der Waals surface area contributed by atoms with Gasteiger partial charge in [0.05, 0.1) is 32.0 Å². The number of carboxylic acids is 1. The van der Waals surface area contributed by atoms with Crippen molar-refractivity contribution in [2.24, 2.45) is 50.2 Å². The average molecular weight is 959 g/mol. The molecule has 3 heterocycles. The van der Waals surface area contributed by atoms with Crippen LogP contribution in [0.3, 0.4) is 0 Å². The number of aliphatic carboxylic acids is 1. The number of ether oxygens (including phenoxy) is 6. The lowest BCUT2D eigenvalue weighted by atomic mass is 9.33. The van der Waals surface area contributed by atoms with Gasteiger partial charge in [-0.05, 0) is 103 Å². The van der Waals surface area contributed by atoms with Crippen LogP contribution in [0.4, 0.5) is 0 Å². The molecule has 12 N–H and O–H groups in total. The zero-order valence-corrected chi connectivity index (χ0v) is 39.8. The van der Waals surface area contributed by atoms with E-state index in [-0.39, 0.29) is 34.0 Å². The van der Waals surface area contributed by atoms with Gasteiger partial charge in [0, 0.05) is 0 Å². The first-order valence-corrected chi connectivity index (χ1v) is 24.4. The summed E-state index contributed by atoms with van der Waals surface area (Å²) in [7, 11) is 0. The minimum atomic E-state index is -1.92. The first kappa shape index (κ1) is 51.9. The maximum Gasteiger partial charge on any atom is 0.312 e. The van der Waals surface area contributed by atoms with E-state index in [1.165, 1.54) is 5.57 Å². The zero-order valence-electron chi connectivity index (χ0n) is 39.8. The Hall–Kier alpha value is -1.47. The fourth-order valence-corrected chi connectivity index (χ4v) is 15.2. The van der Waals surface area contributed by atoms with Crippen molar-refractivity contribution in [3.63, 3.8) is 0 Å². The smallest absolute Gasteiger partial charge is 0.312 e. The minimum absolute atomic E-state index is 0.0596. The number of aliphatic hydroxyl groups excluding tert-OH is 11. The Morgan fingerprint density at radius 2 is 1.15 bits per heavy atom. The second kappa shape index (κ2) is 18.2. The summed E-state index contributed by atoms with van der Waals surface area (Å²) in [6.07, 6.45) is -18.9. The van der Waals surface area contributed by atoms with Crippen molar-refractivity contribution < 1.29 is 94.5 Å². The number of allylic oxidation sites excluding steroid dienone is 2. The second-order valence-corrected chi connectivity index (χ2v) is 23.6. The molecule has 0 aromatic carbocycles. The van der Waals surface area contributed by atoms with Gasteiger partial charge in [-0.3, -0.25) is 4.79 Å². The third kappa shape index (κ3) is 8.01. The highest BCUT2D eigenvalue weighted by molar-refractivity contribution is 5.77. The molecule has 0 bridgehead atoms. The highest BCUT2D eigenvalue weighted by Gasteiger charge is 2.72. The monoisotopic (exact) mass is 959 g/mol. The summed E-state index contributed by atoms with van der Waals surface area (Å²) in [6, 6.07) is 0. The van der Waals surface area contributed by atoms with Crippen LogP contribution in [0, 0.1) is 50.2 Å². The van der Waals surface area contributed by atoms with Crippen LogP contribution < -0.4 is 0 Å². The first-order chi connectivity index (χ1) is 31.3. The molecule has 0 aromatic rings. The summed E-state index contributed by atoms with van der Waals surface area (Å²) in [6.45, 7) is 13.3. The van der Waals surface area contributed by atoms with E-state index >= 15 is 0 Å². The van der Waals surface area contributed by atoms with E-state index in [0.717, 1.165) is 25.7 Å². The van der Waals surface area contributed by atoms with E-state index in [9.17, 15) is 66.1 Å². The Balaban J connectivity index is 1.10. The van der Waals surface area contributed by atoms with E-state index in [1.54, 1.807) is 0 Å².